The van der Waals surface area contributed by atoms with Crippen LogP contribution in [0, 0.1) is 0 Å². The SMILES string of the molecule is O=C(O)COc1ccc(NC(=O)COc2ccc3ccccc3c2)cc1. The molecule has 0 aliphatic heterocycles. The molecule has 26 heavy (non-hydrogen) atoms. The van der Waals surface area contributed by atoms with Crippen LogP contribution in [0.3, 0.4) is 0 Å². The van der Waals surface area contributed by atoms with Crippen LogP contribution in [-0.4, -0.2) is 30.2 Å². The summed E-state index contributed by atoms with van der Waals surface area (Å²) in [5.74, 6) is -0.306. The first-order valence-corrected chi connectivity index (χ1v) is 7.96. The van der Waals surface area contributed by atoms with Gasteiger partial charge in [-0.1, -0.05) is 30.3 Å². The highest BCUT2D eigenvalue weighted by molar-refractivity contribution is 5.92. The van der Waals surface area contributed by atoms with Crippen molar-refractivity contribution < 1.29 is 24.2 Å². The average Bonchev–Trinajstić information content (AvgIpc) is 2.65. The van der Waals surface area contributed by atoms with Gasteiger partial charge < -0.3 is 19.9 Å². The third-order valence-corrected chi connectivity index (χ3v) is 3.59. The Morgan fingerprint density at radius 2 is 1.46 bits per heavy atom. The molecule has 0 unspecified atom stereocenters. The minimum Gasteiger partial charge on any atom is -0.484 e. The summed E-state index contributed by atoms with van der Waals surface area (Å²) in [4.78, 5) is 22.5. The molecular weight excluding hydrogens is 334 g/mol. The van der Waals surface area contributed by atoms with Crippen molar-refractivity contribution >= 4 is 28.3 Å². The van der Waals surface area contributed by atoms with E-state index < -0.39 is 12.6 Å². The van der Waals surface area contributed by atoms with Gasteiger partial charge in [0.05, 0.1) is 0 Å². The van der Waals surface area contributed by atoms with Crippen LogP contribution < -0.4 is 14.8 Å². The predicted molar refractivity (Wildman–Crippen MR) is 97.6 cm³/mol. The molecule has 0 bridgehead atoms. The summed E-state index contributed by atoms with van der Waals surface area (Å²) in [6.45, 7) is -0.527. The third-order valence-electron chi connectivity index (χ3n) is 3.59. The molecule has 3 aromatic carbocycles. The zero-order valence-electron chi connectivity index (χ0n) is 13.8. The lowest BCUT2D eigenvalue weighted by molar-refractivity contribution is -0.139. The minimum absolute atomic E-state index is 0.115. The lowest BCUT2D eigenvalue weighted by Gasteiger charge is -2.09. The summed E-state index contributed by atoms with van der Waals surface area (Å²) < 4.78 is 10.6. The van der Waals surface area contributed by atoms with Gasteiger partial charge in [0.2, 0.25) is 0 Å². The fourth-order valence-electron chi connectivity index (χ4n) is 2.38. The number of carbonyl (C=O) groups excluding carboxylic acids is 1. The van der Waals surface area contributed by atoms with Gasteiger partial charge in [0.25, 0.3) is 5.91 Å². The third kappa shape index (κ3) is 4.73. The molecule has 1 amide bonds. The number of carboxylic acid groups (broad SMARTS) is 1. The molecule has 0 heterocycles. The van der Waals surface area contributed by atoms with Crippen LogP contribution >= 0.6 is 0 Å². The second kappa shape index (κ2) is 8.02. The van der Waals surface area contributed by atoms with E-state index in [1.54, 1.807) is 24.3 Å². The predicted octanol–water partition coefficient (Wildman–Crippen LogP) is 3.32. The van der Waals surface area contributed by atoms with Crippen LogP contribution in [-0.2, 0) is 9.59 Å². The minimum atomic E-state index is -1.05. The van der Waals surface area contributed by atoms with Crippen molar-refractivity contribution in [2.45, 2.75) is 0 Å². The van der Waals surface area contributed by atoms with Crippen LogP contribution in [0.15, 0.2) is 66.7 Å². The van der Waals surface area contributed by atoms with Crippen molar-refractivity contribution in [1.29, 1.82) is 0 Å². The summed E-state index contributed by atoms with van der Waals surface area (Å²) in [5, 5.41) is 13.4. The van der Waals surface area contributed by atoms with Crippen molar-refractivity contribution in [2.24, 2.45) is 0 Å². The molecule has 0 spiro atoms. The maximum atomic E-state index is 12.0. The first-order valence-electron chi connectivity index (χ1n) is 7.96. The van der Waals surface area contributed by atoms with Crippen LogP contribution in [0.4, 0.5) is 5.69 Å². The van der Waals surface area contributed by atoms with Crippen molar-refractivity contribution in [3.63, 3.8) is 0 Å². The van der Waals surface area contributed by atoms with E-state index in [-0.39, 0.29) is 12.5 Å². The summed E-state index contributed by atoms with van der Waals surface area (Å²) in [6.07, 6.45) is 0. The average molecular weight is 351 g/mol. The molecule has 3 rings (SSSR count). The maximum Gasteiger partial charge on any atom is 0.341 e. The number of carbonyl (C=O) groups is 2. The zero-order chi connectivity index (χ0) is 18.4. The number of amides is 1. The Bertz CT molecular complexity index is 921. The number of hydrogen-bond acceptors (Lipinski definition) is 4. The van der Waals surface area contributed by atoms with Crippen LogP contribution in [0.25, 0.3) is 10.8 Å². The quantitative estimate of drug-likeness (QED) is 0.682. The van der Waals surface area contributed by atoms with Gasteiger partial charge >= 0.3 is 5.97 Å². The number of ether oxygens (including phenoxy) is 2. The monoisotopic (exact) mass is 351 g/mol. The summed E-state index contributed by atoms with van der Waals surface area (Å²) in [5.41, 5.74) is 0.569. The Balaban J connectivity index is 1.52. The molecule has 0 aliphatic rings. The number of aliphatic carboxylic acids is 1. The van der Waals surface area contributed by atoms with E-state index in [9.17, 15) is 9.59 Å². The van der Waals surface area contributed by atoms with E-state index >= 15 is 0 Å². The Morgan fingerprint density at radius 1 is 0.808 bits per heavy atom. The number of nitrogens with one attached hydrogen (secondary N) is 1. The fourth-order valence-corrected chi connectivity index (χ4v) is 2.38. The topological polar surface area (TPSA) is 84.9 Å². The molecule has 0 saturated heterocycles. The molecule has 3 aromatic rings. The summed E-state index contributed by atoms with van der Waals surface area (Å²) >= 11 is 0. The molecule has 6 heteroatoms. The molecule has 0 fully saturated rings. The van der Waals surface area contributed by atoms with Crippen molar-refractivity contribution in [3.05, 3.63) is 66.7 Å². The van der Waals surface area contributed by atoms with Crippen LogP contribution in [0.2, 0.25) is 0 Å². The highest BCUT2D eigenvalue weighted by Crippen LogP contribution is 2.20. The molecule has 0 aliphatic carbocycles. The number of anilines is 1. The van der Waals surface area contributed by atoms with E-state index in [4.69, 9.17) is 14.6 Å². The van der Waals surface area contributed by atoms with Gasteiger partial charge in [0, 0.05) is 5.69 Å². The van der Waals surface area contributed by atoms with Gasteiger partial charge in [0.1, 0.15) is 11.5 Å². The van der Waals surface area contributed by atoms with E-state index in [1.165, 1.54) is 0 Å². The van der Waals surface area contributed by atoms with E-state index in [0.29, 0.717) is 17.2 Å². The van der Waals surface area contributed by atoms with Crippen LogP contribution in [0.1, 0.15) is 0 Å². The molecule has 0 atom stereocenters. The normalized spacial score (nSPS) is 10.3. The van der Waals surface area contributed by atoms with Gasteiger partial charge in [0.15, 0.2) is 13.2 Å². The highest BCUT2D eigenvalue weighted by atomic mass is 16.5. The highest BCUT2D eigenvalue weighted by Gasteiger charge is 2.05. The molecule has 0 radical (unpaired) electrons. The van der Waals surface area contributed by atoms with Gasteiger partial charge in [-0.2, -0.15) is 0 Å². The Morgan fingerprint density at radius 3 is 2.19 bits per heavy atom. The molecule has 6 nitrogen and oxygen atoms in total. The molecule has 132 valence electrons. The number of carboxylic acids is 1. The van der Waals surface area contributed by atoms with Gasteiger partial charge in [-0.05, 0) is 47.2 Å². The van der Waals surface area contributed by atoms with Crippen LogP contribution in [0.5, 0.6) is 11.5 Å². The lowest BCUT2D eigenvalue weighted by Crippen LogP contribution is -2.20. The first kappa shape index (κ1) is 17.3. The van der Waals surface area contributed by atoms with Crippen molar-refractivity contribution in [2.75, 3.05) is 18.5 Å². The molecule has 0 saturated carbocycles. The smallest absolute Gasteiger partial charge is 0.341 e. The summed E-state index contributed by atoms with van der Waals surface area (Å²) in [7, 11) is 0. The molecule has 2 N–H and O–H groups in total. The van der Waals surface area contributed by atoms with E-state index in [0.717, 1.165) is 10.8 Å². The fraction of sp³-hybridized carbons (Fsp3) is 0.100. The van der Waals surface area contributed by atoms with Crippen molar-refractivity contribution in [1.82, 2.24) is 0 Å². The summed E-state index contributed by atoms with van der Waals surface area (Å²) in [6, 6.07) is 20.0. The Labute approximate surface area is 150 Å². The first-order chi connectivity index (χ1) is 12.6. The standard InChI is InChI=1S/C20H17NO5/c22-19(21-16-6-9-17(10-7-16)26-13-20(23)24)12-25-18-8-5-14-3-1-2-4-15(14)11-18/h1-11H,12-13H2,(H,21,22)(H,23,24). The zero-order valence-corrected chi connectivity index (χ0v) is 13.8. The second-order valence-electron chi connectivity index (χ2n) is 5.55. The Hall–Kier alpha value is -3.54. The largest absolute Gasteiger partial charge is 0.484 e. The van der Waals surface area contributed by atoms with Gasteiger partial charge in [-0.25, -0.2) is 4.79 Å². The molecular formula is C20H17NO5. The number of hydrogen-bond donors (Lipinski definition) is 2. The molecule has 0 aromatic heterocycles. The van der Waals surface area contributed by atoms with E-state index in [1.807, 2.05) is 42.5 Å². The van der Waals surface area contributed by atoms with Crippen molar-refractivity contribution in [3.8, 4) is 11.5 Å². The van der Waals surface area contributed by atoms with E-state index in [2.05, 4.69) is 5.32 Å². The number of fused-ring (bicyclic) bond motifs is 1. The van der Waals surface area contributed by atoms with Gasteiger partial charge in [-0.15, -0.1) is 0 Å². The Kier molecular flexibility index (Phi) is 5.34. The lowest BCUT2D eigenvalue weighted by atomic mass is 10.1. The van der Waals surface area contributed by atoms with Gasteiger partial charge in [-0.3, -0.25) is 4.79 Å². The second-order valence-corrected chi connectivity index (χ2v) is 5.55. The number of rotatable bonds is 7. The maximum absolute atomic E-state index is 12.0. The number of benzene rings is 3.